The van der Waals surface area contributed by atoms with Gasteiger partial charge in [0, 0.05) is 21.4 Å². The quantitative estimate of drug-likeness (QED) is 0.210. The summed E-state index contributed by atoms with van der Waals surface area (Å²) in [5.74, 6) is 2.87. The molecular formula is C31H33BrN2O5. The Hall–Kier alpha value is -3.75. The number of methoxy groups -OCH3 is 4. The molecule has 7 nitrogen and oxygen atoms in total. The number of nitrogens with zero attached hydrogens (tertiary/aromatic N) is 1. The fourth-order valence-corrected chi connectivity index (χ4v) is 5.14. The second-order valence-corrected chi connectivity index (χ2v) is 10.2. The third-order valence-electron chi connectivity index (χ3n) is 6.84. The van der Waals surface area contributed by atoms with Crippen LogP contribution in [0.15, 0.2) is 77.7 Å². The Morgan fingerprint density at radius 3 is 1.82 bits per heavy atom. The van der Waals surface area contributed by atoms with Crippen molar-refractivity contribution in [2.45, 2.75) is 19.4 Å². The first-order valence-corrected chi connectivity index (χ1v) is 13.2. The molecule has 8 heteroatoms. The summed E-state index contributed by atoms with van der Waals surface area (Å²) in [7, 11) is 6.54. The summed E-state index contributed by atoms with van der Waals surface area (Å²) in [5.41, 5.74) is 0.239. The molecule has 5 aromatic rings. The molecule has 2 N–H and O–H groups in total. The lowest BCUT2D eigenvalue weighted by molar-refractivity contribution is 0.0280. The van der Waals surface area contributed by atoms with Crippen molar-refractivity contribution < 1.29 is 24.1 Å². The SMILES string of the molecule is COc1ccc2cc(Br)ccc2c1OC.COc1ccc2cc(C(O)(c3c[nH]cn3)C(C)C)ccc2c1OC. The number of aliphatic hydroxyl groups is 1. The van der Waals surface area contributed by atoms with Gasteiger partial charge in [-0.2, -0.15) is 0 Å². The van der Waals surface area contributed by atoms with Crippen molar-refractivity contribution in [2.24, 2.45) is 5.92 Å². The van der Waals surface area contributed by atoms with E-state index in [-0.39, 0.29) is 5.92 Å². The van der Waals surface area contributed by atoms with Crippen LogP contribution in [0.1, 0.15) is 25.1 Å². The number of H-pyrrole nitrogens is 1. The molecule has 0 saturated carbocycles. The molecule has 0 radical (unpaired) electrons. The molecular weight excluding hydrogens is 560 g/mol. The van der Waals surface area contributed by atoms with Crippen molar-refractivity contribution in [1.29, 1.82) is 0 Å². The van der Waals surface area contributed by atoms with Crippen LogP contribution in [0.2, 0.25) is 0 Å². The Morgan fingerprint density at radius 2 is 1.33 bits per heavy atom. The lowest BCUT2D eigenvalue weighted by atomic mass is 9.80. The minimum atomic E-state index is -1.17. The van der Waals surface area contributed by atoms with Crippen LogP contribution in [-0.4, -0.2) is 43.5 Å². The van der Waals surface area contributed by atoms with E-state index in [1.807, 2.05) is 68.4 Å². The van der Waals surface area contributed by atoms with E-state index in [0.717, 1.165) is 43.1 Å². The van der Waals surface area contributed by atoms with Gasteiger partial charge < -0.3 is 29.0 Å². The summed E-state index contributed by atoms with van der Waals surface area (Å²) in [4.78, 5) is 7.20. The van der Waals surface area contributed by atoms with Gasteiger partial charge in [0.2, 0.25) is 0 Å². The molecule has 1 atom stereocenters. The van der Waals surface area contributed by atoms with E-state index in [1.165, 1.54) is 0 Å². The zero-order valence-corrected chi connectivity index (χ0v) is 24.5. The molecule has 1 heterocycles. The highest BCUT2D eigenvalue weighted by molar-refractivity contribution is 9.10. The monoisotopic (exact) mass is 592 g/mol. The van der Waals surface area contributed by atoms with Gasteiger partial charge in [-0.1, -0.05) is 54.0 Å². The number of ether oxygens (including phenoxy) is 4. The fraction of sp³-hybridized carbons (Fsp3) is 0.258. The van der Waals surface area contributed by atoms with E-state index in [9.17, 15) is 5.11 Å². The van der Waals surface area contributed by atoms with Crippen molar-refractivity contribution in [1.82, 2.24) is 9.97 Å². The molecule has 0 aliphatic carbocycles. The van der Waals surface area contributed by atoms with E-state index in [1.54, 1.807) is 41.0 Å². The van der Waals surface area contributed by atoms with Crippen LogP contribution in [0, 0.1) is 5.92 Å². The van der Waals surface area contributed by atoms with Crippen molar-refractivity contribution in [2.75, 3.05) is 28.4 Å². The zero-order chi connectivity index (χ0) is 28.2. The number of hydrogen-bond acceptors (Lipinski definition) is 6. The van der Waals surface area contributed by atoms with E-state index in [4.69, 9.17) is 18.9 Å². The first kappa shape index (κ1) is 28.3. The molecule has 0 bridgehead atoms. The van der Waals surface area contributed by atoms with E-state index < -0.39 is 5.60 Å². The number of imidazole rings is 1. The summed E-state index contributed by atoms with van der Waals surface area (Å²) in [6.07, 6.45) is 3.32. The number of aromatic amines is 1. The van der Waals surface area contributed by atoms with Crippen molar-refractivity contribution in [3.05, 3.63) is 88.9 Å². The first-order chi connectivity index (χ1) is 18.8. The predicted molar refractivity (Wildman–Crippen MR) is 158 cm³/mol. The highest BCUT2D eigenvalue weighted by atomic mass is 79.9. The maximum Gasteiger partial charge on any atom is 0.168 e. The van der Waals surface area contributed by atoms with Gasteiger partial charge in [0.15, 0.2) is 23.0 Å². The molecule has 4 aromatic carbocycles. The van der Waals surface area contributed by atoms with Gasteiger partial charge in [-0.25, -0.2) is 4.98 Å². The molecule has 0 spiro atoms. The average molecular weight is 594 g/mol. The Labute approximate surface area is 236 Å². The molecule has 0 aliphatic heterocycles. The molecule has 0 fully saturated rings. The van der Waals surface area contributed by atoms with Crippen LogP contribution in [-0.2, 0) is 5.60 Å². The lowest BCUT2D eigenvalue weighted by Gasteiger charge is -2.31. The Morgan fingerprint density at radius 1 is 0.769 bits per heavy atom. The van der Waals surface area contributed by atoms with E-state index in [2.05, 4.69) is 32.0 Å². The molecule has 0 amide bonds. The van der Waals surface area contributed by atoms with Gasteiger partial charge in [-0.3, -0.25) is 0 Å². The van der Waals surface area contributed by atoms with Crippen LogP contribution in [0.25, 0.3) is 21.5 Å². The van der Waals surface area contributed by atoms with E-state index >= 15 is 0 Å². The number of aromatic nitrogens is 2. The van der Waals surface area contributed by atoms with Gasteiger partial charge in [0.1, 0.15) is 5.60 Å². The summed E-state index contributed by atoms with van der Waals surface area (Å²) < 4.78 is 22.5. The van der Waals surface area contributed by atoms with Gasteiger partial charge >= 0.3 is 0 Å². The Bertz CT molecular complexity index is 1570. The molecule has 39 heavy (non-hydrogen) atoms. The highest BCUT2D eigenvalue weighted by Gasteiger charge is 2.37. The minimum absolute atomic E-state index is 0.0432. The molecule has 1 unspecified atom stereocenters. The van der Waals surface area contributed by atoms with Crippen LogP contribution < -0.4 is 18.9 Å². The first-order valence-electron chi connectivity index (χ1n) is 12.5. The third-order valence-corrected chi connectivity index (χ3v) is 7.34. The normalized spacial score (nSPS) is 12.5. The van der Waals surface area contributed by atoms with Gasteiger partial charge in [-0.05, 0) is 58.7 Å². The topological polar surface area (TPSA) is 85.8 Å². The van der Waals surface area contributed by atoms with Gasteiger partial charge in [-0.15, -0.1) is 0 Å². The van der Waals surface area contributed by atoms with Crippen molar-refractivity contribution in [3.63, 3.8) is 0 Å². The fourth-order valence-electron chi connectivity index (χ4n) is 4.76. The van der Waals surface area contributed by atoms with Crippen LogP contribution in [0.3, 0.4) is 0 Å². The average Bonchev–Trinajstić information content (AvgIpc) is 3.50. The Kier molecular flexibility index (Phi) is 8.67. The number of rotatable bonds is 7. The maximum absolute atomic E-state index is 11.4. The highest BCUT2D eigenvalue weighted by Crippen LogP contribution is 2.40. The number of hydrogen-bond donors (Lipinski definition) is 2. The summed E-state index contributed by atoms with van der Waals surface area (Å²) in [6.45, 7) is 3.96. The van der Waals surface area contributed by atoms with Crippen molar-refractivity contribution in [3.8, 4) is 23.0 Å². The summed E-state index contributed by atoms with van der Waals surface area (Å²) in [5, 5.41) is 15.5. The second-order valence-electron chi connectivity index (χ2n) is 9.28. The predicted octanol–water partition coefficient (Wildman–Crippen LogP) is 7.09. The minimum Gasteiger partial charge on any atom is -0.493 e. The summed E-state index contributed by atoms with van der Waals surface area (Å²) in [6, 6.07) is 19.7. The molecule has 0 saturated heterocycles. The summed E-state index contributed by atoms with van der Waals surface area (Å²) >= 11 is 3.44. The van der Waals surface area contributed by atoms with Gasteiger partial charge in [0.25, 0.3) is 0 Å². The second kappa shape index (κ2) is 12.0. The number of nitrogens with one attached hydrogen (secondary N) is 1. The van der Waals surface area contributed by atoms with Gasteiger partial charge in [0.05, 0.1) is 40.5 Å². The largest absolute Gasteiger partial charge is 0.493 e. The standard InChI is InChI=1S/C19H22N2O3.C12H11BrO2/c1-12(2)19(22,17-10-20-11-21-17)14-6-7-15-13(9-14)5-8-16(23-3)18(15)24-4;1-14-11-6-3-8-7-9(13)4-5-10(8)12(11)15-2/h5-12,22H,1-4H3,(H,20,21);3-7H,1-2H3. The van der Waals surface area contributed by atoms with Crippen molar-refractivity contribution >= 4 is 37.5 Å². The molecule has 1 aromatic heterocycles. The lowest BCUT2D eigenvalue weighted by Crippen LogP contribution is -2.33. The smallest absolute Gasteiger partial charge is 0.168 e. The number of benzene rings is 4. The van der Waals surface area contributed by atoms with E-state index in [0.29, 0.717) is 17.2 Å². The number of fused-ring (bicyclic) bond motifs is 2. The molecule has 204 valence electrons. The van der Waals surface area contributed by atoms with Crippen LogP contribution >= 0.6 is 15.9 Å². The van der Waals surface area contributed by atoms with Crippen LogP contribution in [0.4, 0.5) is 0 Å². The Balaban J connectivity index is 0.000000202. The molecule has 0 aliphatic rings. The van der Waals surface area contributed by atoms with Crippen LogP contribution in [0.5, 0.6) is 23.0 Å². The number of halogens is 1. The third kappa shape index (κ3) is 5.40. The maximum atomic E-state index is 11.4. The zero-order valence-electron chi connectivity index (χ0n) is 22.9. The molecule has 5 rings (SSSR count).